The van der Waals surface area contributed by atoms with E-state index in [9.17, 15) is 0 Å². The fourth-order valence-corrected chi connectivity index (χ4v) is 21.7. The second kappa shape index (κ2) is 31.8. The van der Waals surface area contributed by atoms with Gasteiger partial charge in [-0.1, -0.05) is 373 Å². The van der Waals surface area contributed by atoms with Crippen molar-refractivity contribution in [2.45, 2.75) is 276 Å². The number of nitrogens with zero attached hydrogens (tertiary/aromatic N) is 3. The zero-order chi connectivity index (χ0) is 75.9. The first-order valence-corrected chi connectivity index (χ1v) is 43.8. The van der Waals surface area contributed by atoms with E-state index in [1.54, 1.807) is 22.3 Å². The van der Waals surface area contributed by atoms with Gasteiger partial charge in [-0.25, -0.2) is 15.0 Å². The number of furan rings is 2. The number of fused-ring (bicyclic) bond motifs is 22. The lowest BCUT2D eigenvalue weighted by Crippen LogP contribution is -2.27. The highest BCUT2D eigenvalue weighted by Crippen LogP contribution is 2.66. The predicted molar refractivity (Wildman–Crippen MR) is 468 cm³/mol. The van der Waals surface area contributed by atoms with Gasteiger partial charge >= 0.3 is 0 Å². The molecule has 0 spiro atoms. The number of hydrogen-bond donors (Lipinski definition) is 0. The molecule has 3 aromatic heterocycles. The van der Waals surface area contributed by atoms with Crippen LogP contribution < -0.4 is 0 Å². The molecular formula is C106H117N3O2. The van der Waals surface area contributed by atoms with Crippen molar-refractivity contribution in [1.82, 2.24) is 15.0 Å². The van der Waals surface area contributed by atoms with Crippen LogP contribution in [0.3, 0.4) is 0 Å². The molecule has 4 aliphatic carbocycles. The highest BCUT2D eigenvalue weighted by molar-refractivity contribution is 6.21. The topological polar surface area (TPSA) is 65.0 Å². The van der Waals surface area contributed by atoms with E-state index >= 15 is 0 Å². The van der Waals surface area contributed by atoms with Gasteiger partial charge in [0.25, 0.3) is 0 Å². The van der Waals surface area contributed by atoms with Crippen LogP contribution in [0.15, 0.2) is 203 Å². The Labute approximate surface area is 662 Å². The Balaban J connectivity index is 0.863. The highest BCUT2D eigenvalue weighted by Gasteiger charge is 2.51. The Morgan fingerprint density at radius 3 is 1.39 bits per heavy atom. The van der Waals surface area contributed by atoms with E-state index in [-0.39, 0.29) is 27.6 Å². The maximum atomic E-state index is 7.16. The molecule has 5 heteroatoms. The number of rotatable bonds is 35. The highest BCUT2D eigenvalue weighted by atomic mass is 16.3. The Morgan fingerprint density at radius 1 is 0.315 bits per heavy atom. The van der Waals surface area contributed by atoms with Crippen LogP contribution in [0, 0.1) is 0 Å². The van der Waals surface area contributed by atoms with E-state index in [0.717, 1.165) is 58.5 Å². The third-order valence-corrected chi connectivity index (χ3v) is 27.3. The van der Waals surface area contributed by atoms with Crippen molar-refractivity contribution in [3.63, 3.8) is 0 Å². The van der Waals surface area contributed by atoms with Crippen LogP contribution in [0.1, 0.15) is 303 Å². The molecule has 3 heterocycles. The lowest BCUT2D eigenvalue weighted by atomic mass is 9.68. The molecule has 17 rings (SSSR count). The number of para-hydroxylation sites is 2. The summed E-state index contributed by atoms with van der Waals surface area (Å²) in [5.74, 6) is 2.25. The number of hydrogen-bond acceptors (Lipinski definition) is 5. The van der Waals surface area contributed by atoms with Gasteiger partial charge in [-0.3, -0.25) is 0 Å². The van der Waals surface area contributed by atoms with E-state index in [2.05, 4.69) is 250 Å². The average Bonchev–Trinajstić information content (AvgIpc) is 1.55. The van der Waals surface area contributed by atoms with Crippen molar-refractivity contribution in [2.75, 3.05) is 0 Å². The summed E-state index contributed by atoms with van der Waals surface area (Å²) in [6.45, 7) is 19.4. The first-order valence-electron chi connectivity index (χ1n) is 43.8. The van der Waals surface area contributed by atoms with Gasteiger partial charge in [0.1, 0.15) is 28.2 Å². The molecule has 1 atom stereocenters. The van der Waals surface area contributed by atoms with Gasteiger partial charge in [0.05, 0.1) is 0 Å². The number of benzene rings is 10. The number of unbranched alkanes of at least 4 members (excludes halogenated alkanes) is 20. The minimum atomic E-state index is -0.334. The Morgan fingerprint density at radius 2 is 0.784 bits per heavy atom. The summed E-state index contributed by atoms with van der Waals surface area (Å²) in [7, 11) is 0. The molecular weight excluding hydrogens is 1350 g/mol. The second-order valence-corrected chi connectivity index (χ2v) is 35.2. The molecule has 13 aromatic rings. The second-order valence-electron chi connectivity index (χ2n) is 35.2. The summed E-state index contributed by atoms with van der Waals surface area (Å²) in [6.07, 6.45) is 36.7. The molecule has 0 bridgehead atoms. The molecule has 0 N–H and O–H groups in total. The fraction of sp³-hybridized carbons (Fsp3) is 0.406. The molecule has 4 aliphatic rings. The van der Waals surface area contributed by atoms with E-state index < -0.39 is 0 Å². The zero-order valence-corrected chi connectivity index (χ0v) is 67.9. The molecule has 10 aromatic carbocycles. The lowest BCUT2D eigenvalue weighted by molar-refractivity contribution is 0.394. The molecule has 0 fully saturated rings. The molecule has 111 heavy (non-hydrogen) atoms. The van der Waals surface area contributed by atoms with Crippen LogP contribution in [0.2, 0.25) is 0 Å². The average molecular weight is 1470 g/mol. The van der Waals surface area contributed by atoms with Crippen molar-refractivity contribution in [3.8, 4) is 67.3 Å². The monoisotopic (exact) mass is 1460 g/mol. The van der Waals surface area contributed by atoms with Crippen LogP contribution in [0.25, 0.3) is 111 Å². The van der Waals surface area contributed by atoms with Gasteiger partial charge in [0.15, 0.2) is 11.6 Å². The van der Waals surface area contributed by atoms with Crippen LogP contribution in [0.5, 0.6) is 0 Å². The maximum Gasteiger partial charge on any atom is 0.163 e. The molecule has 0 amide bonds. The molecule has 1 unspecified atom stereocenters. The van der Waals surface area contributed by atoms with Crippen molar-refractivity contribution < 1.29 is 8.83 Å². The molecule has 0 saturated heterocycles. The quantitative estimate of drug-likeness (QED) is 0.0370. The van der Waals surface area contributed by atoms with Gasteiger partial charge in [0.2, 0.25) is 0 Å². The Bertz CT molecular complexity index is 5440. The van der Waals surface area contributed by atoms with Crippen molar-refractivity contribution in [1.29, 1.82) is 0 Å². The third-order valence-electron chi connectivity index (χ3n) is 27.3. The van der Waals surface area contributed by atoms with Crippen molar-refractivity contribution in [2.24, 2.45) is 0 Å². The van der Waals surface area contributed by atoms with Crippen molar-refractivity contribution >= 4 is 43.9 Å². The number of aromatic nitrogens is 3. The summed E-state index contributed by atoms with van der Waals surface area (Å²) in [4.78, 5) is 16.5. The smallest absolute Gasteiger partial charge is 0.163 e. The minimum Gasteiger partial charge on any atom is -0.456 e. The van der Waals surface area contributed by atoms with Gasteiger partial charge in [-0.2, -0.15) is 0 Å². The zero-order valence-electron chi connectivity index (χ0n) is 67.9. The van der Waals surface area contributed by atoms with Crippen LogP contribution in [0.4, 0.5) is 0 Å². The minimum absolute atomic E-state index is 0.00318. The summed E-state index contributed by atoms with van der Waals surface area (Å²) < 4.78 is 14.1. The normalized spacial score (nSPS) is 15.1. The van der Waals surface area contributed by atoms with E-state index in [1.807, 2.05) is 0 Å². The van der Waals surface area contributed by atoms with Crippen LogP contribution in [-0.2, 0) is 34.5 Å². The predicted octanol–water partition coefficient (Wildman–Crippen LogP) is 30.7. The van der Waals surface area contributed by atoms with Gasteiger partial charge in [-0.15, -0.1) is 0 Å². The van der Waals surface area contributed by atoms with Crippen LogP contribution in [-0.4, -0.2) is 15.0 Å². The first-order chi connectivity index (χ1) is 54.4. The van der Waals surface area contributed by atoms with Crippen molar-refractivity contribution in [3.05, 3.63) is 256 Å². The maximum absolute atomic E-state index is 7.16. The summed E-state index contributed by atoms with van der Waals surface area (Å²) in [5.41, 5.74) is 30.8. The van der Waals surface area contributed by atoms with Gasteiger partial charge in [0, 0.05) is 66.3 Å². The fourth-order valence-electron chi connectivity index (χ4n) is 21.7. The third kappa shape index (κ3) is 13.4. The molecule has 0 radical (unpaired) electrons. The van der Waals surface area contributed by atoms with E-state index in [4.69, 9.17) is 23.8 Å². The summed E-state index contributed by atoms with van der Waals surface area (Å²) in [6, 6.07) is 74.3. The Kier molecular flexibility index (Phi) is 21.3. The van der Waals surface area contributed by atoms with E-state index in [1.165, 1.54) is 266 Å². The summed E-state index contributed by atoms with van der Waals surface area (Å²) >= 11 is 0. The van der Waals surface area contributed by atoms with E-state index in [0.29, 0.717) is 18.1 Å². The SMILES string of the molecule is CCCCCCCCC1(CCCCCCCC)c2cc(C(Cc3ccc4c(c3)C(C)(C)c3c5c(c6oc7ccccc7c6c3-4)-c3ccccc3C5(C)C)Cc3nc(-c4ccccc4)nc(-c4ccccc4)n3)ccc2-c2cc3c(cc21)-c1c(ccc2oc4ccccc4c12)C3(CCCCCCCC)CCCCCCCC. The van der Waals surface area contributed by atoms with Gasteiger partial charge in [-0.05, 0) is 163 Å². The standard InChI is InChI=1S/C106H117N3O2/c1-9-13-17-21-25-41-61-105(62-42-26-22-18-14-10-2)84-59-60-91-94(79-50-36-39-53-89(79)110-91)93(84)82-70-87-81(69-88(82)105)76-58-56-74(67-86(76)106(87,63-43-27-23-19-15-11-3)64-44-28-24-20-16-12-4)75(68-92-107-101(72-45-31-29-32-46-72)109-102(108-92)73-47-33-30-34-48-73)65-71-55-57-78-85(66-71)104(7,8)98-95(78)96-80-51-37-40-54-90(80)111-100(96)97-77-49-35-38-52-83(77)103(5,6)99(97)98/h29-40,45-60,66-67,69-70,75H,9-28,41-44,61-65,68H2,1-8H3. The lowest BCUT2D eigenvalue weighted by Gasteiger charge is -2.35. The largest absolute Gasteiger partial charge is 0.456 e. The molecule has 0 aliphatic heterocycles. The molecule has 5 nitrogen and oxygen atoms in total. The summed E-state index contributed by atoms with van der Waals surface area (Å²) in [5, 5.41) is 5.00. The van der Waals surface area contributed by atoms with Gasteiger partial charge < -0.3 is 8.83 Å². The Hall–Kier alpha value is -9.19. The van der Waals surface area contributed by atoms with Crippen LogP contribution >= 0.6 is 0 Å². The molecule has 568 valence electrons. The first kappa shape index (κ1) is 74.5. The molecule has 0 saturated carbocycles.